The molecule has 0 saturated heterocycles. The number of nitrogens with one attached hydrogen (secondary N) is 2. The van der Waals surface area contributed by atoms with Gasteiger partial charge in [-0.2, -0.15) is 0 Å². The minimum absolute atomic E-state index is 0.677. The van der Waals surface area contributed by atoms with Crippen LogP contribution in [0, 0.1) is 0 Å². The molecule has 0 saturated carbocycles. The molecule has 3 aromatic rings. The Kier molecular flexibility index (Phi) is 7.50. The van der Waals surface area contributed by atoms with Gasteiger partial charge >= 0.3 is 0 Å². The van der Waals surface area contributed by atoms with Crippen molar-refractivity contribution in [3.8, 4) is 0 Å². The number of thiazole rings is 1. The molecule has 3 N–H and O–H groups in total. The van der Waals surface area contributed by atoms with Crippen molar-refractivity contribution in [3.05, 3.63) is 59.6 Å². The first-order valence-electron chi connectivity index (χ1n) is 6.98. The lowest BCUT2D eigenvalue weighted by molar-refractivity contribution is -0.0979. The highest BCUT2D eigenvalue weighted by Gasteiger charge is 2.05. The van der Waals surface area contributed by atoms with Crippen molar-refractivity contribution in [3.63, 3.8) is 0 Å². The van der Waals surface area contributed by atoms with Crippen LogP contribution in [0.4, 0.5) is 5.69 Å². The molecule has 3 rings (SSSR count). The fourth-order valence-corrected chi connectivity index (χ4v) is 3.81. The summed E-state index contributed by atoms with van der Waals surface area (Å²) >= 11 is 3.33. The highest BCUT2D eigenvalue weighted by Crippen LogP contribution is 2.32. The number of carbonyl (C=O) groups is 1. The summed E-state index contributed by atoms with van der Waals surface area (Å²) in [6.45, 7) is 3.42. The van der Waals surface area contributed by atoms with E-state index in [4.69, 9.17) is 14.4 Å². The molecule has 0 aliphatic rings. The van der Waals surface area contributed by atoms with E-state index >= 15 is 0 Å². The zero-order chi connectivity index (χ0) is 17.2. The lowest BCUT2D eigenvalue weighted by Crippen LogP contribution is -2.11. The van der Waals surface area contributed by atoms with Gasteiger partial charge in [-0.3, -0.25) is 10.7 Å². The van der Waals surface area contributed by atoms with Crippen LogP contribution in [-0.2, 0) is 17.9 Å². The Balaban J connectivity index is 0.00000100. The summed E-state index contributed by atoms with van der Waals surface area (Å²) in [5.41, 5.74) is 2.80. The smallest absolute Gasteiger partial charge is 0.117 e. The Morgan fingerprint density at radius 1 is 1.21 bits per heavy atom. The van der Waals surface area contributed by atoms with Crippen LogP contribution in [0.5, 0.6) is 0 Å². The number of nitrogens with zero attached hydrogens (tertiary/aromatic N) is 1. The van der Waals surface area contributed by atoms with Crippen LogP contribution in [0.1, 0.15) is 10.8 Å². The SMILES string of the molecule is C=O.ONc1ccc(Sc2cnc(CNCc3ccco3)s2)cc1. The average molecular weight is 363 g/mol. The second-order valence-electron chi connectivity index (χ2n) is 4.49. The van der Waals surface area contributed by atoms with Crippen molar-refractivity contribution in [2.24, 2.45) is 0 Å². The van der Waals surface area contributed by atoms with E-state index in [9.17, 15) is 0 Å². The molecule has 0 radical (unpaired) electrons. The monoisotopic (exact) mass is 363 g/mol. The van der Waals surface area contributed by atoms with Crippen molar-refractivity contribution in [1.29, 1.82) is 0 Å². The fraction of sp³-hybridized carbons (Fsp3) is 0.125. The number of aromatic nitrogens is 1. The third-order valence-electron chi connectivity index (χ3n) is 2.89. The fourth-order valence-electron chi connectivity index (χ4n) is 1.84. The number of benzene rings is 1. The van der Waals surface area contributed by atoms with Crippen LogP contribution in [0.2, 0.25) is 0 Å². The van der Waals surface area contributed by atoms with Gasteiger partial charge in [-0.25, -0.2) is 4.98 Å². The van der Waals surface area contributed by atoms with Crippen LogP contribution in [0.15, 0.2) is 62.4 Å². The van der Waals surface area contributed by atoms with Gasteiger partial charge in [0.25, 0.3) is 0 Å². The lowest BCUT2D eigenvalue weighted by atomic mass is 10.3. The van der Waals surface area contributed by atoms with Gasteiger partial charge in [-0.1, -0.05) is 11.8 Å². The normalized spacial score (nSPS) is 10.0. The van der Waals surface area contributed by atoms with E-state index in [0.29, 0.717) is 12.2 Å². The summed E-state index contributed by atoms with van der Waals surface area (Å²) in [5, 5.41) is 13.1. The molecule has 2 aromatic heterocycles. The Morgan fingerprint density at radius 2 is 2.00 bits per heavy atom. The molecular weight excluding hydrogens is 346 g/mol. The molecule has 24 heavy (non-hydrogen) atoms. The molecule has 0 spiro atoms. The number of hydrogen-bond donors (Lipinski definition) is 3. The predicted octanol–water partition coefficient (Wildman–Crippen LogP) is 3.79. The Labute approximate surface area is 147 Å². The summed E-state index contributed by atoms with van der Waals surface area (Å²) in [6, 6.07) is 11.4. The van der Waals surface area contributed by atoms with Gasteiger partial charge in [0.1, 0.15) is 17.6 Å². The molecule has 2 heterocycles. The molecular formula is C16H17N3O3S2. The molecule has 0 aliphatic carbocycles. The average Bonchev–Trinajstić information content (AvgIpc) is 3.30. The number of furan rings is 1. The topological polar surface area (TPSA) is 87.4 Å². The van der Waals surface area contributed by atoms with Gasteiger partial charge in [-0.15, -0.1) is 11.3 Å². The standard InChI is InChI=1S/C15H15N3O2S2.CH2O/c19-18-11-3-5-13(6-4-11)21-15-10-17-14(22-15)9-16-8-12-2-1-7-20-12;1-2/h1-7,10,16,18-19H,8-9H2;1H2. The molecule has 1 aromatic carbocycles. The number of carbonyl (C=O) groups excluding carboxylic acids is 1. The predicted molar refractivity (Wildman–Crippen MR) is 94.5 cm³/mol. The van der Waals surface area contributed by atoms with Gasteiger partial charge < -0.3 is 14.5 Å². The van der Waals surface area contributed by atoms with E-state index in [2.05, 4.69) is 15.8 Å². The molecule has 126 valence electrons. The Hall–Kier alpha value is -2.13. The molecule has 0 unspecified atom stereocenters. The third kappa shape index (κ3) is 5.50. The van der Waals surface area contributed by atoms with Gasteiger partial charge in [0.15, 0.2) is 0 Å². The maximum absolute atomic E-state index is 8.79. The minimum atomic E-state index is 0.677. The van der Waals surface area contributed by atoms with Crippen LogP contribution in [-0.4, -0.2) is 17.0 Å². The lowest BCUT2D eigenvalue weighted by Gasteiger charge is -2.01. The second-order valence-corrected chi connectivity index (χ2v) is 6.98. The third-order valence-corrected chi connectivity index (χ3v) is 5.00. The van der Waals surface area contributed by atoms with Crippen molar-refractivity contribution in [2.45, 2.75) is 22.2 Å². The molecule has 8 heteroatoms. The molecule has 0 atom stereocenters. The van der Waals surface area contributed by atoms with Gasteiger partial charge in [0.2, 0.25) is 0 Å². The maximum Gasteiger partial charge on any atom is 0.117 e. The van der Waals surface area contributed by atoms with Gasteiger partial charge in [0.05, 0.1) is 28.9 Å². The first-order valence-corrected chi connectivity index (χ1v) is 8.61. The first kappa shape index (κ1) is 18.2. The summed E-state index contributed by atoms with van der Waals surface area (Å²) in [4.78, 5) is 13.5. The van der Waals surface area contributed by atoms with Crippen molar-refractivity contribution in [1.82, 2.24) is 10.3 Å². The van der Waals surface area contributed by atoms with Crippen molar-refractivity contribution >= 4 is 35.6 Å². The molecule has 6 nitrogen and oxygen atoms in total. The van der Waals surface area contributed by atoms with E-state index in [1.54, 1.807) is 29.4 Å². The number of rotatable bonds is 7. The van der Waals surface area contributed by atoms with E-state index < -0.39 is 0 Å². The van der Waals surface area contributed by atoms with Crippen molar-refractivity contribution in [2.75, 3.05) is 5.48 Å². The molecule has 0 aliphatic heterocycles. The zero-order valence-electron chi connectivity index (χ0n) is 12.8. The Bertz CT molecular complexity index is 715. The van der Waals surface area contributed by atoms with E-state index in [1.165, 1.54) is 0 Å². The quantitative estimate of drug-likeness (QED) is 0.550. The largest absolute Gasteiger partial charge is 0.468 e. The number of hydrogen-bond acceptors (Lipinski definition) is 8. The summed E-state index contributed by atoms with van der Waals surface area (Å²) < 4.78 is 6.41. The van der Waals surface area contributed by atoms with Crippen molar-refractivity contribution < 1.29 is 14.4 Å². The minimum Gasteiger partial charge on any atom is -0.468 e. The number of anilines is 1. The molecule has 0 fully saturated rings. The van der Waals surface area contributed by atoms with E-state index in [1.807, 2.05) is 49.4 Å². The first-order chi connectivity index (χ1) is 11.8. The van der Waals surface area contributed by atoms with Gasteiger partial charge in [0, 0.05) is 11.4 Å². The highest BCUT2D eigenvalue weighted by atomic mass is 32.2. The Morgan fingerprint density at radius 3 is 2.67 bits per heavy atom. The maximum atomic E-state index is 8.79. The highest BCUT2D eigenvalue weighted by molar-refractivity contribution is 8.01. The molecule has 0 bridgehead atoms. The van der Waals surface area contributed by atoms with Gasteiger partial charge in [-0.05, 0) is 36.4 Å². The summed E-state index contributed by atoms with van der Waals surface area (Å²) in [6.07, 6.45) is 3.56. The summed E-state index contributed by atoms with van der Waals surface area (Å²) in [7, 11) is 0. The van der Waals surface area contributed by atoms with Crippen LogP contribution < -0.4 is 10.8 Å². The van der Waals surface area contributed by atoms with E-state index in [0.717, 1.165) is 26.4 Å². The van der Waals surface area contributed by atoms with E-state index in [-0.39, 0.29) is 0 Å². The summed E-state index contributed by atoms with van der Waals surface area (Å²) in [5.74, 6) is 0.920. The van der Waals surface area contributed by atoms with Crippen LogP contribution >= 0.6 is 23.1 Å². The molecule has 0 amide bonds. The zero-order valence-corrected chi connectivity index (χ0v) is 14.4. The van der Waals surface area contributed by atoms with Crippen LogP contribution in [0.3, 0.4) is 0 Å². The van der Waals surface area contributed by atoms with Crippen LogP contribution in [0.25, 0.3) is 0 Å². The second kappa shape index (κ2) is 9.89.